The van der Waals surface area contributed by atoms with Gasteiger partial charge in [0.05, 0.1) is 19.4 Å². The van der Waals surface area contributed by atoms with E-state index in [-0.39, 0.29) is 49.8 Å². The summed E-state index contributed by atoms with van der Waals surface area (Å²) in [6, 6.07) is 14.4. The third-order valence-corrected chi connectivity index (χ3v) is 7.94. The number of nitrogens with two attached hydrogens (primary N) is 1. The number of nitrogens with zero attached hydrogens (tertiary/aromatic N) is 1. The first kappa shape index (κ1) is 25.6. The van der Waals surface area contributed by atoms with Gasteiger partial charge in [-0.05, 0) is 43.3 Å². The maximum atomic E-state index is 14.3. The van der Waals surface area contributed by atoms with Crippen molar-refractivity contribution >= 4 is 56.6 Å². The van der Waals surface area contributed by atoms with E-state index in [1.165, 1.54) is 55.6 Å². The number of methoxy groups -OCH3 is 1. The molecule has 12 heteroatoms. The van der Waals surface area contributed by atoms with Crippen molar-refractivity contribution in [3.8, 4) is 5.75 Å². The van der Waals surface area contributed by atoms with Crippen LogP contribution in [0.3, 0.4) is 0 Å². The molecule has 0 fully saturated rings. The summed E-state index contributed by atoms with van der Waals surface area (Å²) in [5, 5.41) is 2.87. The minimum absolute atomic E-state index is 0.00563. The minimum Gasteiger partial charge on any atom is -0.495 e. The number of ether oxygens (including phenoxy) is 2. The zero-order valence-corrected chi connectivity index (χ0v) is 21.4. The number of nitrogens with one attached hydrogen (secondary N) is 1. The molecule has 188 valence electrons. The van der Waals surface area contributed by atoms with Crippen LogP contribution < -0.4 is 20.1 Å². The molecule has 2 amide bonds. The summed E-state index contributed by atoms with van der Waals surface area (Å²) < 4.78 is 38.8. The van der Waals surface area contributed by atoms with E-state index in [0.29, 0.717) is 4.31 Å². The maximum Gasteiger partial charge on any atom is 0.408 e. The van der Waals surface area contributed by atoms with Gasteiger partial charge in [-0.3, -0.25) is 10.1 Å². The van der Waals surface area contributed by atoms with Crippen LogP contribution in [-0.4, -0.2) is 34.1 Å². The molecule has 1 unspecified atom stereocenters. The van der Waals surface area contributed by atoms with E-state index in [0.717, 1.165) is 0 Å². The Kier molecular flexibility index (Phi) is 6.78. The van der Waals surface area contributed by atoms with Crippen molar-refractivity contribution in [2.24, 2.45) is 0 Å². The van der Waals surface area contributed by atoms with Crippen molar-refractivity contribution in [3.05, 3.63) is 81.8 Å². The number of carbonyl (C=O) groups excluding carboxylic acids is 2. The number of alkyl carbamates (subject to hydrolysis) is 1. The lowest BCUT2D eigenvalue weighted by atomic mass is 9.84. The van der Waals surface area contributed by atoms with Crippen molar-refractivity contribution < 1.29 is 27.5 Å². The fraction of sp³-hybridized carbons (Fsp3) is 0.167. The third-order valence-electron chi connectivity index (χ3n) is 5.64. The second-order valence-corrected chi connectivity index (χ2v) is 10.3. The van der Waals surface area contributed by atoms with E-state index in [2.05, 4.69) is 5.32 Å². The van der Waals surface area contributed by atoms with Crippen LogP contribution in [0.15, 0.2) is 65.6 Å². The first-order valence-corrected chi connectivity index (χ1v) is 12.8. The van der Waals surface area contributed by atoms with Crippen LogP contribution in [0.1, 0.15) is 18.1 Å². The predicted octanol–water partition coefficient (Wildman–Crippen LogP) is 4.31. The first-order valence-electron chi connectivity index (χ1n) is 10.6. The van der Waals surface area contributed by atoms with Crippen LogP contribution in [0.25, 0.3) is 0 Å². The number of rotatable bonds is 6. The zero-order valence-electron chi connectivity index (χ0n) is 19.1. The number of hydrogen-bond donors (Lipinski definition) is 2. The highest BCUT2D eigenvalue weighted by Gasteiger charge is 2.58. The van der Waals surface area contributed by atoms with Crippen LogP contribution in [0.4, 0.5) is 16.2 Å². The Labute approximate surface area is 217 Å². The molecular weight excluding hydrogens is 529 g/mol. The average Bonchev–Trinajstić information content (AvgIpc) is 3.07. The van der Waals surface area contributed by atoms with Gasteiger partial charge in [-0.2, -0.15) is 4.31 Å². The van der Waals surface area contributed by atoms with E-state index in [4.69, 9.17) is 38.4 Å². The minimum atomic E-state index is -4.59. The number of benzene rings is 3. The van der Waals surface area contributed by atoms with Crippen molar-refractivity contribution in [2.45, 2.75) is 17.4 Å². The monoisotopic (exact) mass is 549 g/mol. The summed E-state index contributed by atoms with van der Waals surface area (Å²) >= 11 is 12.8. The lowest BCUT2D eigenvalue weighted by Gasteiger charge is -2.30. The Morgan fingerprint density at radius 3 is 2.47 bits per heavy atom. The smallest absolute Gasteiger partial charge is 0.408 e. The lowest BCUT2D eigenvalue weighted by Crippen LogP contribution is -2.55. The van der Waals surface area contributed by atoms with Crippen LogP contribution in [0.5, 0.6) is 5.75 Å². The van der Waals surface area contributed by atoms with Crippen LogP contribution in [0, 0.1) is 0 Å². The number of carbonyl (C=O) groups is 2. The second-order valence-electron chi connectivity index (χ2n) is 7.72. The molecule has 0 radical (unpaired) electrons. The number of anilines is 2. The first-order chi connectivity index (χ1) is 17.1. The highest BCUT2D eigenvalue weighted by molar-refractivity contribution is 7.93. The molecule has 36 heavy (non-hydrogen) atoms. The predicted molar refractivity (Wildman–Crippen MR) is 136 cm³/mol. The summed E-state index contributed by atoms with van der Waals surface area (Å²) in [7, 11) is -3.31. The average molecular weight is 550 g/mol. The topological polar surface area (TPSA) is 128 Å². The molecule has 3 aromatic carbocycles. The number of hydrogen-bond acceptors (Lipinski definition) is 7. The van der Waals surface area contributed by atoms with E-state index >= 15 is 0 Å². The van der Waals surface area contributed by atoms with Gasteiger partial charge in [0.1, 0.15) is 10.6 Å². The quantitative estimate of drug-likeness (QED) is 0.438. The molecule has 0 saturated heterocycles. The number of sulfonamides is 1. The molecule has 0 saturated carbocycles. The van der Waals surface area contributed by atoms with E-state index < -0.39 is 27.6 Å². The molecule has 3 aromatic rings. The fourth-order valence-corrected chi connectivity index (χ4v) is 6.19. The Hall–Kier alpha value is -3.47. The summed E-state index contributed by atoms with van der Waals surface area (Å²) in [5.41, 5.74) is 4.19. The summed E-state index contributed by atoms with van der Waals surface area (Å²) in [6.45, 7) is 1.60. The number of fused-ring (bicyclic) bond motifs is 1. The van der Waals surface area contributed by atoms with Gasteiger partial charge in [-0.15, -0.1) is 0 Å². The summed E-state index contributed by atoms with van der Waals surface area (Å²) in [4.78, 5) is 26.7. The van der Waals surface area contributed by atoms with Gasteiger partial charge >= 0.3 is 6.09 Å². The van der Waals surface area contributed by atoms with E-state index in [9.17, 15) is 18.0 Å². The molecule has 0 spiro atoms. The van der Waals surface area contributed by atoms with Crippen molar-refractivity contribution in [1.82, 2.24) is 5.32 Å². The molecule has 3 N–H and O–H groups in total. The normalized spacial score (nSPS) is 17.0. The molecule has 9 nitrogen and oxygen atoms in total. The molecule has 0 aromatic heterocycles. The third kappa shape index (κ3) is 4.01. The lowest BCUT2D eigenvalue weighted by molar-refractivity contribution is -0.121. The number of nitrogen functional groups attached to an aromatic ring is 1. The maximum absolute atomic E-state index is 14.3. The van der Waals surface area contributed by atoms with Gasteiger partial charge in [0.25, 0.3) is 15.9 Å². The van der Waals surface area contributed by atoms with Crippen molar-refractivity contribution in [2.75, 3.05) is 23.8 Å². The highest BCUT2D eigenvalue weighted by atomic mass is 35.5. The zero-order chi connectivity index (χ0) is 26.3. The molecule has 4 rings (SSSR count). The molecule has 1 aliphatic rings. The van der Waals surface area contributed by atoms with Crippen LogP contribution in [-0.2, 0) is 25.1 Å². The van der Waals surface area contributed by atoms with Gasteiger partial charge in [0.15, 0.2) is 5.54 Å². The molecule has 0 bridgehead atoms. The van der Waals surface area contributed by atoms with Crippen molar-refractivity contribution in [1.29, 1.82) is 0 Å². The van der Waals surface area contributed by atoms with Gasteiger partial charge in [0.2, 0.25) is 0 Å². The Morgan fingerprint density at radius 2 is 1.81 bits per heavy atom. The Balaban J connectivity index is 2.04. The van der Waals surface area contributed by atoms with Gasteiger partial charge in [-0.1, -0.05) is 41.4 Å². The Bertz CT molecular complexity index is 1480. The van der Waals surface area contributed by atoms with E-state index in [1.54, 1.807) is 19.1 Å². The second kappa shape index (κ2) is 9.53. The number of amides is 2. The van der Waals surface area contributed by atoms with Crippen molar-refractivity contribution in [3.63, 3.8) is 0 Å². The number of halogens is 2. The molecule has 0 aliphatic carbocycles. The largest absolute Gasteiger partial charge is 0.495 e. The molecular formula is C24H21Cl2N3O6S. The molecule has 1 heterocycles. The van der Waals surface area contributed by atoms with E-state index in [1.807, 2.05) is 0 Å². The van der Waals surface area contributed by atoms with Gasteiger partial charge < -0.3 is 15.2 Å². The summed E-state index contributed by atoms with van der Waals surface area (Å²) in [6.07, 6.45) is -0.957. The summed E-state index contributed by atoms with van der Waals surface area (Å²) in [5.74, 6) is -1.08. The Morgan fingerprint density at radius 1 is 1.08 bits per heavy atom. The standard InChI is InChI=1S/C24H21Cl2N3O6S/c1-3-35-23(31)28-24(16-6-4-5-7-18(16)26)17-12-14(25)8-10-19(17)29(22(24)30)36(32,33)21-11-9-15(27)13-20(21)34-2/h4-13H,3,27H2,1-2H3,(H,28,31). The van der Waals surface area contributed by atoms with Crippen LogP contribution >= 0.6 is 23.2 Å². The van der Waals surface area contributed by atoms with Gasteiger partial charge in [0, 0.05) is 32.9 Å². The SMILES string of the molecule is CCOC(=O)NC1(c2ccccc2Cl)C(=O)N(S(=O)(=O)c2ccc(N)cc2OC)c2ccc(Cl)cc21. The highest BCUT2D eigenvalue weighted by Crippen LogP contribution is 2.49. The molecule has 1 atom stereocenters. The van der Waals surface area contributed by atoms with Gasteiger partial charge in [-0.25, -0.2) is 13.2 Å². The fourth-order valence-electron chi connectivity index (χ4n) is 4.13. The van der Waals surface area contributed by atoms with Crippen LogP contribution in [0.2, 0.25) is 10.0 Å². The molecule has 1 aliphatic heterocycles.